The van der Waals surface area contributed by atoms with E-state index in [0.717, 1.165) is 5.52 Å². The Labute approximate surface area is 133 Å². The van der Waals surface area contributed by atoms with E-state index in [1.165, 1.54) is 0 Å². The molecule has 0 radical (unpaired) electrons. The van der Waals surface area contributed by atoms with Crippen LogP contribution < -0.4 is 4.74 Å². The molecule has 1 aliphatic heterocycles. The van der Waals surface area contributed by atoms with Crippen LogP contribution in [0.1, 0.15) is 0 Å². The summed E-state index contributed by atoms with van der Waals surface area (Å²) in [7, 11) is 0. The quantitative estimate of drug-likeness (QED) is 0.634. The molecule has 4 atom stereocenters. The second-order valence-electron chi connectivity index (χ2n) is 4.80. The Morgan fingerprint density at radius 2 is 2.05 bits per heavy atom. The summed E-state index contributed by atoms with van der Waals surface area (Å²) < 4.78 is 11.5. The van der Waals surface area contributed by atoms with Crippen LogP contribution in [0, 0.1) is 0 Å². The third-order valence-corrected chi connectivity index (χ3v) is 4.68. The van der Waals surface area contributed by atoms with Gasteiger partial charge in [0.05, 0.1) is 22.5 Å². The predicted molar refractivity (Wildman–Crippen MR) is 79.4 cm³/mol. The number of halogens is 2. The number of benzene rings is 1. The van der Waals surface area contributed by atoms with Crippen molar-refractivity contribution in [2.24, 2.45) is 0 Å². The molecule has 8 heteroatoms. The van der Waals surface area contributed by atoms with Gasteiger partial charge in [-0.25, -0.2) is 0 Å². The van der Waals surface area contributed by atoms with Crippen molar-refractivity contribution in [3.63, 3.8) is 0 Å². The third kappa shape index (κ3) is 2.65. The Hall–Kier alpha value is -0.830. The Morgan fingerprint density at radius 3 is 2.81 bits per heavy atom. The molecular weight excluding hydrogens is 366 g/mol. The molecule has 6 nitrogen and oxygen atoms in total. The van der Waals surface area contributed by atoms with Crippen LogP contribution in [-0.4, -0.2) is 51.5 Å². The standard InChI is InChI=1S/C13H13BrClNO5/c14-5-1-2-6-9(10(5)15)8(3-16-6)21-13-12(19)11(18)7(17)4-20-13/h1-3,7,11-13,16-19H,4H2/t7-,11-,12?,13-/m1/s1. The van der Waals surface area contributed by atoms with Crippen molar-refractivity contribution in [1.29, 1.82) is 0 Å². The van der Waals surface area contributed by atoms with Crippen LogP contribution >= 0.6 is 27.5 Å². The van der Waals surface area contributed by atoms with Crippen LogP contribution in [0.25, 0.3) is 10.9 Å². The molecule has 114 valence electrons. The zero-order valence-electron chi connectivity index (χ0n) is 10.7. The maximum Gasteiger partial charge on any atom is 0.229 e. The SMILES string of the molecule is OC1[C@@H](Oc2c[nH]c3ccc(Br)c(Cl)c23)OC[C@@H](O)[C@H]1O. The molecular formula is C13H13BrClNO5. The number of fused-ring (bicyclic) bond motifs is 1. The van der Waals surface area contributed by atoms with E-state index in [1.807, 2.05) is 6.07 Å². The van der Waals surface area contributed by atoms with E-state index in [9.17, 15) is 15.3 Å². The summed E-state index contributed by atoms with van der Waals surface area (Å²) in [6.45, 7) is -0.122. The lowest BCUT2D eigenvalue weighted by atomic mass is 10.1. The topological polar surface area (TPSA) is 94.9 Å². The summed E-state index contributed by atoms with van der Waals surface area (Å²) in [5.74, 6) is 0.393. The van der Waals surface area contributed by atoms with E-state index < -0.39 is 24.6 Å². The van der Waals surface area contributed by atoms with Gasteiger partial charge in [0.15, 0.2) is 0 Å². The Balaban J connectivity index is 1.90. The van der Waals surface area contributed by atoms with Crippen LogP contribution in [0.3, 0.4) is 0 Å². The molecule has 0 saturated carbocycles. The van der Waals surface area contributed by atoms with E-state index in [-0.39, 0.29) is 6.61 Å². The molecule has 1 aliphatic rings. The molecule has 1 saturated heterocycles. The van der Waals surface area contributed by atoms with E-state index in [1.54, 1.807) is 12.3 Å². The van der Waals surface area contributed by atoms with Gasteiger partial charge in [0, 0.05) is 10.7 Å². The van der Waals surface area contributed by atoms with Crippen LogP contribution in [-0.2, 0) is 4.74 Å². The highest BCUT2D eigenvalue weighted by molar-refractivity contribution is 9.10. The highest BCUT2D eigenvalue weighted by Crippen LogP contribution is 2.37. The number of ether oxygens (including phenoxy) is 2. The van der Waals surface area contributed by atoms with Gasteiger partial charge in [0.1, 0.15) is 24.1 Å². The second kappa shape index (κ2) is 5.75. The molecule has 3 rings (SSSR count). The van der Waals surface area contributed by atoms with Gasteiger partial charge in [0.2, 0.25) is 6.29 Å². The normalized spacial score (nSPS) is 29.8. The summed E-state index contributed by atoms with van der Waals surface area (Å²) in [5, 5.41) is 30.1. The fraction of sp³-hybridized carbons (Fsp3) is 0.385. The lowest BCUT2D eigenvalue weighted by Gasteiger charge is -2.34. The van der Waals surface area contributed by atoms with Crippen LogP contribution in [0.2, 0.25) is 5.02 Å². The minimum atomic E-state index is -1.36. The number of hydrogen-bond acceptors (Lipinski definition) is 5. The first-order chi connectivity index (χ1) is 9.99. The van der Waals surface area contributed by atoms with Crippen molar-refractivity contribution >= 4 is 38.4 Å². The third-order valence-electron chi connectivity index (χ3n) is 3.40. The van der Waals surface area contributed by atoms with Gasteiger partial charge in [-0.1, -0.05) is 11.6 Å². The molecule has 0 amide bonds. The summed E-state index contributed by atoms with van der Waals surface area (Å²) in [5.41, 5.74) is 0.768. The number of aliphatic hydroxyl groups is 3. The van der Waals surface area contributed by atoms with Crippen LogP contribution in [0.15, 0.2) is 22.8 Å². The van der Waals surface area contributed by atoms with Gasteiger partial charge < -0.3 is 29.8 Å². The van der Waals surface area contributed by atoms with Gasteiger partial charge in [-0.05, 0) is 28.1 Å². The van der Waals surface area contributed by atoms with Crippen molar-refractivity contribution in [3.05, 3.63) is 27.8 Å². The minimum absolute atomic E-state index is 0.122. The van der Waals surface area contributed by atoms with Crippen LogP contribution in [0.5, 0.6) is 5.75 Å². The van der Waals surface area contributed by atoms with Gasteiger partial charge in [0.25, 0.3) is 0 Å². The molecule has 21 heavy (non-hydrogen) atoms. The molecule has 1 aromatic carbocycles. The van der Waals surface area contributed by atoms with E-state index in [2.05, 4.69) is 20.9 Å². The average Bonchev–Trinajstić information content (AvgIpc) is 2.87. The summed E-state index contributed by atoms with van der Waals surface area (Å²) in [4.78, 5) is 3.00. The number of nitrogens with one attached hydrogen (secondary N) is 1. The molecule has 1 aromatic heterocycles. The first kappa shape index (κ1) is 15.1. The highest BCUT2D eigenvalue weighted by Gasteiger charge is 2.39. The maximum absolute atomic E-state index is 9.89. The monoisotopic (exact) mass is 377 g/mol. The largest absolute Gasteiger partial charge is 0.460 e. The molecule has 1 unspecified atom stereocenters. The smallest absolute Gasteiger partial charge is 0.229 e. The zero-order chi connectivity index (χ0) is 15.1. The Morgan fingerprint density at radius 1 is 1.29 bits per heavy atom. The predicted octanol–water partition coefficient (Wildman–Crippen LogP) is 1.40. The lowest BCUT2D eigenvalue weighted by Crippen LogP contribution is -2.54. The van der Waals surface area contributed by atoms with E-state index in [4.69, 9.17) is 21.1 Å². The number of aromatic amines is 1. The Kier molecular flexibility index (Phi) is 4.13. The van der Waals surface area contributed by atoms with Gasteiger partial charge in [-0.15, -0.1) is 0 Å². The molecule has 0 aliphatic carbocycles. The number of hydrogen-bond donors (Lipinski definition) is 4. The van der Waals surface area contributed by atoms with Gasteiger partial charge in [-0.2, -0.15) is 0 Å². The van der Waals surface area contributed by atoms with Gasteiger partial charge >= 0.3 is 0 Å². The molecule has 1 fully saturated rings. The van der Waals surface area contributed by atoms with Crippen LogP contribution in [0.4, 0.5) is 0 Å². The molecule has 2 aromatic rings. The summed E-state index contributed by atoms with van der Waals surface area (Å²) in [6, 6.07) is 3.63. The first-order valence-corrected chi connectivity index (χ1v) is 7.43. The average molecular weight is 379 g/mol. The summed E-state index contributed by atoms with van der Waals surface area (Å²) in [6.07, 6.45) is -3.31. The molecule has 2 heterocycles. The van der Waals surface area contributed by atoms with Crippen molar-refractivity contribution < 1.29 is 24.8 Å². The minimum Gasteiger partial charge on any atom is -0.460 e. The number of H-pyrrole nitrogens is 1. The fourth-order valence-electron chi connectivity index (χ4n) is 2.23. The molecule has 0 spiro atoms. The molecule has 0 bridgehead atoms. The maximum atomic E-state index is 9.89. The fourth-order valence-corrected chi connectivity index (χ4v) is 2.82. The van der Waals surface area contributed by atoms with E-state index >= 15 is 0 Å². The lowest BCUT2D eigenvalue weighted by molar-refractivity contribution is -0.241. The van der Waals surface area contributed by atoms with Crippen molar-refractivity contribution in [1.82, 2.24) is 4.98 Å². The van der Waals surface area contributed by atoms with Crippen molar-refractivity contribution in [3.8, 4) is 5.75 Å². The number of rotatable bonds is 2. The van der Waals surface area contributed by atoms with Gasteiger partial charge in [-0.3, -0.25) is 0 Å². The number of aromatic nitrogens is 1. The zero-order valence-corrected chi connectivity index (χ0v) is 13.0. The highest BCUT2D eigenvalue weighted by atomic mass is 79.9. The second-order valence-corrected chi connectivity index (χ2v) is 6.04. The Bertz CT molecular complexity index is 663. The van der Waals surface area contributed by atoms with Crippen molar-refractivity contribution in [2.75, 3.05) is 6.61 Å². The van der Waals surface area contributed by atoms with E-state index in [0.29, 0.717) is 20.6 Å². The van der Waals surface area contributed by atoms with Crippen molar-refractivity contribution in [2.45, 2.75) is 24.6 Å². The number of aliphatic hydroxyl groups excluding tert-OH is 3. The summed E-state index contributed by atoms with van der Waals surface area (Å²) >= 11 is 9.57. The first-order valence-electron chi connectivity index (χ1n) is 6.26. The molecule has 4 N–H and O–H groups in total.